The molecule has 1 fully saturated rings. The summed E-state index contributed by atoms with van der Waals surface area (Å²) in [6.07, 6.45) is 6.64. The molecule has 1 aromatic carbocycles. The van der Waals surface area contributed by atoms with Crippen LogP contribution in [0.1, 0.15) is 12.0 Å². The summed E-state index contributed by atoms with van der Waals surface area (Å²) in [6, 6.07) is 10.00. The first kappa shape index (κ1) is 16.6. The van der Waals surface area contributed by atoms with Gasteiger partial charge in [0.1, 0.15) is 6.54 Å². The predicted octanol–water partition coefficient (Wildman–Crippen LogP) is 2.48. The molecule has 1 amide bonds. The molecule has 3 heterocycles. The Labute approximate surface area is 153 Å². The molecule has 6 nitrogen and oxygen atoms in total. The van der Waals surface area contributed by atoms with Crippen molar-refractivity contribution in [2.75, 3.05) is 31.1 Å². The van der Waals surface area contributed by atoms with Crippen molar-refractivity contribution in [3.63, 3.8) is 0 Å². The van der Waals surface area contributed by atoms with Gasteiger partial charge in [-0.25, -0.2) is 0 Å². The van der Waals surface area contributed by atoms with Gasteiger partial charge in [0.05, 0.1) is 5.52 Å². The Kier molecular flexibility index (Phi) is 4.56. The van der Waals surface area contributed by atoms with E-state index in [0.29, 0.717) is 6.54 Å². The van der Waals surface area contributed by atoms with Gasteiger partial charge >= 0.3 is 0 Å². The molecule has 3 aromatic rings. The Hall–Kier alpha value is -2.89. The number of benzene rings is 1. The Bertz CT molecular complexity index is 886. The number of fused-ring (bicyclic) bond motifs is 1. The van der Waals surface area contributed by atoms with E-state index in [9.17, 15) is 4.79 Å². The fourth-order valence-corrected chi connectivity index (χ4v) is 3.56. The van der Waals surface area contributed by atoms with Gasteiger partial charge in [0.2, 0.25) is 5.91 Å². The highest BCUT2D eigenvalue weighted by Gasteiger charge is 2.20. The molecule has 0 N–H and O–H groups in total. The summed E-state index contributed by atoms with van der Waals surface area (Å²) in [5, 5.41) is 5.56. The first-order valence-electron chi connectivity index (χ1n) is 9.06. The van der Waals surface area contributed by atoms with E-state index in [1.807, 2.05) is 47.8 Å². The van der Waals surface area contributed by atoms with Gasteiger partial charge in [0, 0.05) is 55.8 Å². The zero-order chi connectivity index (χ0) is 17.9. The third-order valence-electron chi connectivity index (χ3n) is 4.94. The predicted molar refractivity (Wildman–Crippen MR) is 102 cm³/mol. The molecule has 0 aliphatic carbocycles. The minimum Gasteiger partial charge on any atom is -0.369 e. The molecule has 4 rings (SSSR count). The van der Waals surface area contributed by atoms with E-state index < -0.39 is 0 Å². The van der Waals surface area contributed by atoms with Crippen LogP contribution in [0.25, 0.3) is 10.9 Å². The van der Waals surface area contributed by atoms with Gasteiger partial charge < -0.3 is 9.80 Å². The molecule has 0 radical (unpaired) electrons. The summed E-state index contributed by atoms with van der Waals surface area (Å²) in [6.45, 7) is 5.71. The lowest BCUT2D eigenvalue weighted by atomic mass is 10.2. The maximum absolute atomic E-state index is 12.7. The number of hydrogen-bond acceptors (Lipinski definition) is 4. The van der Waals surface area contributed by atoms with Crippen molar-refractivity contribution in [2.24, 2.45) is 0 Å². The number of rotatable bonds is 3. The Morgan fingerprint density at radius 3 is 2.85 bits per heavy atom. The lowest BCUT2D eigenvalue weighted by Crippen LogP contribution is -2.37. The number of carbonyl (C=O) groups is 1. The normalized spacial score (nSPS) is 15.3. The van der Waals surface area contributed by atoms with E-state index in [2.05, 4.69) is 28.0 Å². The van der Waals surface area contributed by atoms with E-state index in [1.54, 1.807) is 4.68 Å². The molecule has 0 atom stereocenters. The Morgan fingerprint density at radius 1 is 1.12 bits per heavy atom. The van der Waals surface area contributed by atoms with Crippen LogP contribution >= 0.6 is 0 Å². The van der Waals surface area contributed by atoms with Gasteiger partial charge in [-0.05, 0) is 31.0 Å². The molecule has 0 bridgehead atoms. The van der Waals surface area contributed by atoms with Gasteiger partial charge in [-0.2, -0.15) is 5.10 Å². The summed E-state index contributed by atoms with van der Waals surface area (Å²) in [5.74, 6) is 0.131. The van der Waals surface area contributed by atoms with Gasteiger partial charge in [-0.3, -0.25) is 14.5 Å². The largest absolute Gasteiger partial charge is 0.369 e. The lowest BCUT2D eigenvalue weighted by Gasteiger charge is -2.25. The van der Waals surface area contributed by atoms with Gasteiger partial charge in [0.25, 0.3) is 0 Å². The highest BCUT2D eigenvalue weighted by molar-refractivity contribution is 5.80. The zero-order valence-corrected chi connectivity index (χ0v) is 15.0. The van der Waals surface area contributed by atoms with Crippen LogP contribution in [0.15, 0.2) is 48.9 Å². The van der Waals surface area contributed by atoms with E-state index in [4.69, 9.17) is 0 Å². The van der Waals surface area contributed by atoms with Crippen molar-refractivity contribution in [1.82, 2.24) is 19.7 Å². The summed E-state index contributed by atoms with van der Waals surface area (Å²) in [4.78, 5) is 21.2. The van der Waals surface area contributed by atoms with E-state index >= 15 is 0 Å². The molecule has 0 spiro atoms. The van der Waals surface area contributed by atoms with Crippen molar-refractivity contribution >= 4 is 22.5 Å². The number of aryl methyl sites for hydroxylation is 1. The summed E-state index contributed by atoms with van der Waals surface area (Å²) in [5.41, 5.74) is 3.32. The number of carbonyl (C=O) groups excluding carboxylic acids is 1. The molecule has 26 heavy (non-hydrogen) atoms. The summed E-state index contributed by atoms with van der Waals surface area (Å²) >= 11 is 0. The number of amides is 1. The van der Waals surface area contributed by atoms with E-state index in [1.165, 1.54) is 11.3 Å². The average Bonchev–Trinajstić information content (AvgIpc) is 2.89. The van der Waals surface area contributed by atoms with Crippen LogP contribution in [0.4, 0.5) is 5.69 Å². The molecular weight excluding hydrogens is 326 g/mol. The van der Waals surface area contributed by atoms with Crippen LogP contribution < -0.4 is 4.90 Å². The van der Waals surface area contributed by atoms with Crippen LogP contribution in [0.2, 0.25) is 0 Å². The molecule has 2 aromatic heterocycles. The van der Waals surface area contributed by atoms with Crippen LogP contribution in [-0.4, -0.2) is 51.8 Å². The standard InChI is InChI=1S/C20H23N5O/c1-16-13-21-8-7-19(16)23-9-4-10-24(12-11-23)20(26)15-25-14-17-5-2-3-6-18(17)22-25/h2-3,5-8,13-14H,4,9-12,15H2,1H3. The lowest BCUT2D eigenvalue weighted by molar-refractivity contribution is -0.131. The minimum absolute atomic E-state index is 0.131. The molecular formula is C20H23N5O. The third kappa shape index (κ3) is 3.40. The Morgan fingerprint density at radius 2 is 2.00 bits per heavy atom. The van der Waals surface area contributed by atoms with Crippen molar-refractivity contribution < 1.29 is 4.79 Å². The van der Waals surface area contributed by atoms with E-state index in [-0.39, 0.29) is 5.91 Å². The molecule has 134 valence electrons. The first-order valence-corrected chi connectivity index (χ1v) is 9.06. The van der Waals surface area contributed by atoms with Gasteiger partial charge in [-0.1, -0.05) is 18.2 Å². The SMILES string of the molecule is Cc1cnccc1N1CCCN(C(=O)Cn2cc3ccccc3n2)CC1. The number of hydrogen-bond donors (Lipinski definition) is 0. The minimum atomic E-state index is 0.131. The van der Waals surface area contributed by atoms with Crippen molar-refractivity contribution in [3.05, 3.63) is 54.5 Å². The monoisotopic (exact) mass is 349 g/mol. The topological polar surface area (TPSA) is 54.3 Å². The molecule has 1 aliphatic heterocycles. The van der Waals surface area contributed by atoms with Crippen molar-refractivity contribution in [2.45, 2.75) is 19.9 Å². The highest BCUT2D eigenvalue weighted by atomic mass is 16.2. The molecule has 1 aliphatic rings. The second-order valence-electron chi connectivity index (χ2n) is 6.77. The maximum Gasteiger partial charge on any atom is 0.244 e. The van der Waals surface area contributed by atoms with Crippen molar-refractivity contribution in [1.29, 1.82) is 0 Å². The summed E-state index contributed by atoms with van der Waals surface area (Å²) in [7, 11) is 0. The quantitative estimate of drug-likeness (QED) is 0.729. The summed E-state index contributed by atoms with van der Waals surface area (Å²) < 4.78 is 1.75. The van der Waals surface area contributed by atoms with E-state index in [0.717, 1.165) is 43.5 Å². The van der Waals surface area contributed by atoms with Crippen LogP contribution in [0.5, 0.6) is 0 Å². The van der Waals surface area contributed by atoms with Crippen molar-refractivity contribution in [3.8, 4) is 0 Å². The molecule has 0 unspecified atom stereocenters. The van der Waals surface area contributed by atoms with Gasteiger partial charge in [-0.15, -0.1) is 0 Å². The van der Waals surface area contributed by atoms with Crippen LogP contribution in [0.3, 0.4) is 0 Å². The highest BCUT2D eigenvalue weighted by Crippen LogP contribution is 2.20. The number of aromatic nitrogens is 3. The fourth-order valence-electron chi connectivity index (χ4n) is 3.56. The average molecular weight is 349 g/mol. The molecule has 0 saturated carbocycles. The second kappa shape index (κ2) is 7.15. The number of pyridine rings is 1. The zero-order valence-electron chi connectivity index (χ0n) is 15.0. The third-order valence-corrected chi connectivity index (χ3v) is 4.94. The number of nitrogens with zero attached hydrogens (tertiary/aromatic N) is 5. The number of anilines is 1. The smallest absolute Gasteiger partial charge is 0.244 e. The first-order chi connectivity index (χ1) is 12.7. The van der Waals surface area contributed by atoms with Crippen LogP contribution in [-0.2, 0) is 11.3 Å². The van der Waals surface area contributed by atoms with Gasteiger partial charge in [0.15, 0.2) is 0 Å². The van der Waals surface area contributed by atoms with Crippen LogP contribution in [0, 0.1) is 6.92 Å². The fraction of sp³-hybridized carbons (Fsp3) is 0.350. The molecule has 1 saturated heterocycles. The second-order valence-corrected chi connectivity index (χ2v) is 6.77. The Balaban J connectivity index is 1.42. The maximum atomic E-state index is 12.7. The molecule has 6 heteroatoms.